The Morgan fingerprint density at radius 3 is 2.66 bits per heavy atom. The molecule has 2 aromatic heterocycles. The van der Waals surface area contributed by atoms with Crippen LogP contribution in [0.4, 0.5) is 23.5 Å². The number of carbonyl (C=O) groups excluding carboxylic acids is 1. The number of amides is 1. The highest BCUT2D eigenvalue weighted by molar-refractivity contribution is 5.85. The van der Waals surface area contributed by atoms with Crippen molar-refractivity contribution in [2.75, 3.05) is 38.3 Å². The summed E-state index contributed by atoms with van der Waals surface area (Å²) in [6.07, 6.45) is -1.93. The number of piperidine rings is 1. The molecule has 0 unspecified atom stereocenters. The van der Waals surface area contributed by atoms with Crippen LogP contribution in [0.5, 0.6) is 11.6 Å². The molecule has 2 aliphatic heterocycles. The molecule has 0 radical (unpaired) electrons. The summed E-state index contributed by atoms with van der Waals surface area (Å²) < 4.78 is 65.5. The Kier molecular flexibility index (Phi) is 5.78. The molecule has 1 amide bonds. The minimum absolute atomic E-state index is 0.0187. The van der Waals surface area contributed by atoms with Crippen molar-refractivity contribution in [3.63, 3.8) is 0 Å². The summed E-state index contributed by atoms with van der Waals surface area (Å²) in [5, 5.41) is 0. The second-order valence-corrected chi connectivity index (χ2v) is 7.60. The number of fused-ring (bicyclic) bond motifs is 1. The lowest BCUT2D eigenvalue weighted by atomic mass is 9.91. The summed E-state index contributed by atoms with van der Waals surface area (Å²) in [5.41, 5.74) is -2.61. The molecule has 0 aromatic carbocycles. The molecule has 1 saturated heterocycles. The van der Waals surface area contributed by atoms with Gasteiger partial charge in [-0.05, 0) is 6.07 Å². The van der Waals surface area contributed by atoms with Gasteiger partial charge in [0.05, 0.1) is 20.2 Å². The molecule has 0 bridgehead atoms. The number of ether oxygens (including phenoxy) is 2. The standard InChI is InChI=1S/C20H21F4N5O3/c1-31-16-10-15(20(22,23)24)26-18(27-16)28-6-3-19(21,4-7-28)17(30)29-8-9-32-14-2-5-25-11-13(14)12-29/h2,5,10-11H,3-4,6-9,12H2,1H3. The third-order valence-corrected chi connectivity index (χ3v) is 5.54. The number of halogens is 4. The number of aromatic nitrogens is 3. The summed E-state index contributed by atoms with van der Waals surface area (Å²) in [7, 11) is 1.20. The van der Waals surface area contributed by atoms with Gasteiger partial charge in [-0.2, -0.15) is 18.2 Å². The maximum atomic E-state index is 15.6. The SMILES string of the molecule is COc1cc(C(F)(F)F)nc(N2CCC(F)(C(=O)N3CCOc4ccncc4C3)CC2)n1. The maximum absolute atomic E-state index is 15.6. The minimum Gasteiger partial charge on any atom is -0.491 e. The van der Waals surface area contributed by atoms with E-state index in [2.05, 4.69) is 15.0 Å². The van der Waals surface area contributed by atoms with Crippen molar-refractivity contribution in [2.45, 2.75) is 31.2 Å². The van der Waals surface area contributed by atoms with E-state index in [1.54, 1.807) is 18.5 Å². The van der Waals surface area contributed by atoms with Crippen molar-refractivity contribution in [1.82, 2.24) is 19.9 Å². The van der Waals surface area contributed by atoms with Crippen LogP contribution in [-0.4, -0.2) is 64.8 Å². The molecule has 172 valence electrons. The average Bonchev–Trinajstić information content (AvgIpc) is 3.00. The largest absolute Gasteiger partial charge is 0.491 e. The molecular weight excluding hydrogens is 434 g/mol. The Bertz CT molecular complexity index is 995. The first-order valence-corrected chi connectivity index (χ1v) is 9.99. The van der Waals surface area contributed by atoms with Crippen LogP contribution in [-0.2, 0) is 17.5 Å². The van der Waals surface area contributed by atoms with Gasteiger partial charge in [0.15, 0.2) is 11.4 Å². The van der Waals surface area contributed by atoms with Crippen LogP contribution in [0, 0.1) is 0 Å². The summed E-state index contributed by atoms with van der Waals surface area (Å²) in [4.78, 5) is 27.4. The van der Waals surface area contributed by atoms with Crippen molar-refractivity contribution in [3.05, 3.63) is 35.8 Å². The lowest BCUT2D eigenvalue weighted by molar-refractivity contribution is -0.146. The first-order valence-electron chi connectivity index (χ1n) is 9.99. The van der Waals surface area contributed by atoms with Crippen LogP contribution >= 0.6 is 0 Å². The molecule has 0 atom stereocenters. The maximum Gasteiger partial charge on any atom is 0.433 e. The van der Waals surface area contributed by atoms with Crippen LogP contribution in [0.15, 0.2) is 24.5 Å². The molecule has 4 rings (SSSR count). The smallest absolute Gasteiger partial charge is 0.433 e. The van der Waals surface area contributed by atoms with E-state index in [9.17, 15) is 18.0 Å². The van der Waals surface area contributed by atoms with Crippen LogP contribution in [0.3, 0.4) is 0 Å². The summed E-state index contributed by atoms with van der Waals surface area (Å²) in [5.74, 6) is -0.518. The lowest BCUT2D eigenvalue weighted by Crippen LogP contribution is -2.53. The molecule has 4 heterocycles. The Hall–Kier alpha value is -3.18. The van der Waals surface area contributed by atoms with E-state index in [0.717, 1.165) is 0 Å². The second-order valence-electron chi connectivity index (χ2n) is 7.60. The first-order chi connectivity index (χ1) is 15.2. The zero-order valence-corrected chi connectivity index (χ0v) is 17.2. The monoisotopic (exact) mass is 455 g/mol. The number of carbonyl (C=O) groups is 1. The van der Waals surface area contributed by atoms with E-state index in [-0.39, 0.29) is 57.5 Å². The minimum atomic E-state index is -4.68. The van der Waals surface area contributed by atoms with Gasteiger partial charge in [0.1, 0.15) is 12.4 Å². The van der Waals surface area contributed by atoms with Crippen molar-refractivity contribution < 1.29 is 31.8 Å². The first kappa shape index (κ1) is 22.0. The molecule has 32 heavy (non-hydrogen) atoms. The molecule has 0 N–H and O–H groups in total. The number of hydrogen-bond acceptors (Lipinski definition) is 7. The molecular formula is C20H21F4N5O3. The van der Waals surface area contributed by atoms with Gasteiger partial charge in [0.2, 0.25) is 11.8 Å². The molecule has 12 heteroatoms. The Morgan fingerprint density at radius 2 is 1.97 bits per heavy atom. The zero-order chi connectivity index (χ0) is 22.9. The zero-order valence-electron chi connectivity index (χ0n) is 17.2. The predicted octanol–water partition coefficient (Wildman–Crippen LogP) is 2.63. The van der Waals surface area contributed by atoms with Gasteiger partial charge in [-0.25, -0.2) is 9.37 Å². The van der Waals surface area contributed by atoms with Gasteiger partial charge in [-0.3, -0.25) is 9.78 Å². The van der Waals surface area contributed by atoms with Gasteiger partial charge in [0, 0.05) is 50.0 Å². The highest BCUT2D eigenvalue weighted by Gasteiger charge is 2.45. The Morgan fingerprint density at radius 1 is 1.22 bits per heavy atom. The third kappa shape index (κ3) is 4.39. The van der Waals surface area contributed by atoms with Gasteiger partial charge >= 0.3 is 6.18 Å². The molecule has 0 saturated carbocycles. The number of pyridine rings is 1. The van der Waals surface area contributed by atoms with Crippen LogP contribution in [0.25, 0.3) is 0 Å². The number of nitrogens with zero attached hydrogens (tertiary/aromatic N) is 5. The highest BCUT2D eigenvalue weighted by Crippen LogP contribution is 2.34. The van der Waals surface area contributed by atoms with Crippen molar-refractivity contribution in [1.29, 1.82) is 0 Å². The lowest BCUT2D eigenvalue weighted by Gasteiger charge is -2.38. The number of alkyl halides is 4. The van der Waals surface area contributed by atoms with E-state index in [1.807, 2.05) is 0 Å². The van der Waals surface area contributed by atoms with Gasteiger partial charge in [0.25, 0.3) is 5.91 Å². The molecule has 0 aliphatic carbocycles. The quantitative estimate of drug-likeness (QED) is 0.659. The fraction of sp³-hybridized carbons (Fsp3) is 0.500. The van der Waals surface area contributed by atoms with Gasteiger partial charge in [-0.1, -0.05) is 0 Å². The molecule has 8 nitrogen and oxygen atoms in total. The summed E-state index contributed by atoms with van der Waals surface area (Å²) in [6, 6.07) is 2.39. The number of rotatable bonds is 3. The summed E-state index contributed by atoms with van der Waals surface area (Å²) >= 11 is 0. The van der Waals surface area contributed by atoms with E-state index >= 15 is 4.39 Å². The van der Waals surface area contributed by atoms with E-state index in [0.29, 0.717) is 17.4 Å². The predicted molar refractivity (Wildman–Crippen MR) is 104 cm³/mol. The van der Waals surface area contributed by atoms with Crippen molar-refractivity contribution in [3.8, 4) is 11.6 Å². The number of anilines is 1. The van der Waals surface area contributed by atoms with Crippen LogP contribution in [0.1, 0.15) is 24.1 Å². The Labute approximate surface area is 181 Å². The molecule has 1 fully saturated rings. The third-order valence-electron chi connectivity index (χ3n) is 5.54. The topological polar surface area (TPSA) is 80.7 Å². The second kappa shape index (κ2) is 8.40. The van der Waals surface area contributed by atoms with Crippen LogP contribution < -0.4 is 14.4 Å². The Balaban J connectivity index is 1.47. The fourth-order valence-electron chi connectivity index (χ4n) is 3.76. The van der Waals surface area contributed by atoms with E-state index < -0.39 is 23.4 Å². The molecule has 0 spiro atoms. The fourth-order valence-corrected chi connectivity index (χ4v) is 3.76. The highest BCUT2D eigenvalue weighted by atomic mass is 19.4. The normalized spacial score (nSPS) is 18.4. The van der Waals surface area contributed by atoms with Crippen LogP contribution in [0.2, 0.25) is 0 Å². The van der Waals surface area contributed by atoms with E-state index in [4.69, 9.17) is 9.47 Å². The van der Waals surface area contributed by atoms with Gasteiger partial charge < -0.3 is 19.3 Å². The van der Waals surface area contributed by atoms with Crippen molar-refractivity contribution in [2.24, 2.45) is 0 Å². The molecule has 2 aliphatic rings. The summed E-state index contributed by atoms with van der Waals surface area (Å²) in [6.45, 7) is 0.579. The van der Waals surface area contributed by atoms with Gasteiger partial charge in [-0.15, -0.1) is 0 Å². The van der Waals surface area contributed by atoms with Crippen molar-refractivity contribution >= 4 is 11.9 Å². The van der Waals surface area contributed by atoms with E-state index in [1.165, 1.54) is 16.9 Å². The number of hydrogen-bond donors (Lipinski definition) is 0. The average molecular weight is 455 g/mol. The molecule has 2 aromatic rings. The number of methoxy groups -OCH3 is 1.